The summed E-state index contributed by atoms with van der Waals surface area (Å²) in [5, 5.41) is 9.67. The molecule has 2 heterocycles. The summed E-state index contributed by atoms with van der Waals surface area (Å²) in [5.41, 5.74) is 0.850. The topological polar surface area (TPSA) is 80.3 Å². The number of hydrogen-bond donors (Lipinski definition) is 3. The molecule has 0 unspecified atom stereocenters. The Bertz CT molecular complexity index is 689. The highest BCUT2D eigenvalue weighted by Crippen LogP contribution is 2.31. The lowest BCUT2D eigenvalue weighted by atomic mass is 10.2. The average molecular weight is 343 g/mol. The van der Waals surface area contributed by atoms with Gasteiger partial charge in [-0.25, -0.2) is 4.98 Å². The van der Waals surface area contributed by atoms with Gasteiger partial charge in [-0.1, -0.05) is 0 Å². The van der Waals surface area contributed by atoms with E-state index in [9.17, 15) is 0 Å². The van der Waals surface area contributed by atoms with Gasteiger partial charge in [0.05, 0.1) is 13.7 Å². The highest BCUT2D eigenvalue weighted by Gasteiger charge is 2.14. The fourth-order valence-electron chi connectivity index (χ4n) is 2.87. The third-order valence-electron chi connectivity index (χ3n) is 4.22. The molecule has 0 bridgehead atoms. The summed E-state index contributed by atoms with van der Waals surface area (Å²) in [7, 11) is 3.47. The molecule has 0 aliphatic carbocycles. The Hall–Kier alpha value is -2.54. The van der Waals surface area contributed by atoms with Crippen LogP contribution >= 0.6 is 0 Å². The number of benzene rings is 1. The molecule has 1 fully saturated rings. The first-order valence-corrected chi connectivity index (χ1v) is 8.60. The van der Waals surface area contributed by atoms with E-state index in [4.69, 9.17) is 9.47 Å². The Morgan fingerprint density at radius 1 is 1.28 bits per heavy atom. The number of hydrogen-bond acceptors (Lipinski definition) is 7. The van der Waals surface area contributed by atoms with Crippen molar-refractivity contribution in [3.8, 4) is 11.5 Å². The second kappa shape index (κ2) is 8.53. The van der Waals surface area contributed by atoms with Crippen LogP contribution in [0.1, 0.15) is 19.3 Å². The normalized spacial score (nSPS) is 16.5. The predicted molar refractivity (Wildman–Crippen MR) is 99.0 cm³/mol. The van der Waals surface area contributed by atoms with E-state index in [1.807, 2.05) is 31.3 Å². The summed E-state index contributed by atoms with van der Waals surface area (Å²) in [6.45, 7) is 1.77. The summed E-state index contributed by atoms with van der Waals surface area (Å²) in [6, 6.07) is 8.08. The Morgan fingerprint density at radius 3 is 2.96 bits per heavy atom. The number of ether oxygens (including phenoxy) is 2. The van der Waals surface area contributed by atoms with Crippen LogP contribution in [0, 0.1) is 0 Å². The highest BCUT2D eigenvalue weighted by atomic mass is 16.5. The average Bonchev–Trinajstić information content (AvgIpc) is 3.16. The molecule has 1 saturated heterocycles. The van der Waals surface area contributed by atoms with Crippen molar-refractivity contribution in [1.82, 2.24) is 15.3 Å². The van der Waals surface area contributed by atoms with Crippen molar-refractivity contribution >= 4 is 17.5 Å². The van der Waals surface area contributed by atoms with Crippen molar-refractivity contribution in [3.05, 3.63) is 30.5 Å². The van der Waals surface area contributed by atoms with E-state index in [2.05, 4.69) is 25.9 Å². The molecule has 1 aromatic carbocycles. The first kappa shape index (κ1) is 17.3. The van der Waals surface area contributed by atoms with Crippen LogP contribution in [0.2, 0.25) is 0 Å². The van der Waals surface area contributed by atoms with Crippen LogP contribution in [0.3, 0.4) is 0 Å². The number of nitrogens with one attached hydrogen (secondary N) is 3. The Labute approximate surface area is 148 Å². The van der Waals surface area contributed by atoms with E-state index in [1.54, 1.807) is 13.3 Å². The smallest absolute Gasteiger partial charge is 0.229 e. The minimum Gasteiger partial charge on any atom is -0.493 e. The molecule has 1 atom stereocenters. The fraction of sp³-hybridized carbons (Fsp3) is 0.444. The van der Waals surface area contributed by atoms with Crippen molar-refractivity contribution < 1.29 is 9.47 Å². The maximum Gasteiger partial charge on any atom is 0.229 e. The summed E-state index contributed by atoms with van der Waals surface area (Å²) < 4.78 is 11.4. The molecule has 0 radical (unpaired) electrons. The van der Waals surface area contributed by atoms with E-state index in [1.165, 1.54) is 12.8 Å². The zero-order valence-corrected chi connectivity index (χ0v) is 14.7. The number of anilines is 3. The third-order valence-corrected chi connectivity index (χ3v) is 4.22. The third kappa shape index (κ3) is 4.73. The monoisotopic (exact) mass is 343 g/mol. The Kier molecular flexibility index (Phi) is 5.90. The summed E-state index contributed by atoms with van der Waals surface area (Å²) >= 11 is 0. The van der Waals surface area contributed by atoms with Crippen LogP contribution in [0.5, 0.6) is 11.5 Å². The first-order chi connectivity index (χ1) is 12.3. The number of nitrogens with zero attached hydrogens (tertiary/aromatic N) is 2. The summed E-state index contributed by atoms with van der Waals surface area (Å²) in [6.07, 6.45) is 5.17. The van der Waals surface area contributed by atoms with Gasteiger partial charge in [0, 0.05) is 31.0 Å². The van der Waals surface area contributed by atoms with E-state index in [0.717, 1.165) is 36.0 Å². The standard InChI is InChI=1S/C18H25N5O2/c1-19-17-7-10-21-18(23-17)22-14-5-6-15(24-2)16(12-14)25-11-8-13-4-3-9-20-13/h5-7,10,12-13,20H,3-4,8-9,11H2,1-2H3,(H2,19,21,22,23)/t13-/m0/s1. The fourth-order valence-corrected chi connectivity index (χ4v) is 2.87. The van der Waals surface area contributed by atoms with Crippen molar-refractivity contribution in [2.75, 3.05) is 37.9 Å². The maximum atomic E-state index is 5.96. The van der Waals surface area contributed by atoms with Gasteiger partial charge in [-0.3, -0.25) is 0 Å². The largest absolute Gasteiger partial charge is 0.493 e. The van der Waals surface area contributed by atoms with Gasteiger partial charge in [0.25, 0.3) is 0 Å². The number of rotatable bonds is 8. The van der Waals surface area contributed by atoms with Gasteiger partial charge in [-0.15, -0.1) is 0 Å². The van der Waals surface area contributed by atoms with E-state index in [-0.39, 0.29) is 0 Å². The van der Waals surface area contributed by atoms with Crippen LogP contribution in [0.15, 0.2) is 30.5 Å². The molecular formula is C18H25N5O2. The zero-order valence-electron chi connectivity index (χ0n) is 14.7. The van der Waals surface area contributed by atoms with Gasteiger partial charge in [0.2, 0.25) is 5.95 Å². The molecule has 1 aliphatic heterocycles. The second-order valence-electron chi connectivity index (χ2n) is 5.94. The van der Waals surface area contributed by atoms with Crippen molar-refractivity contribution in [3.63, 3.8) is 0 Å². The molecule has 7 heteroatoms. The van der Waals surface area contributed by atoms with Crippen LogP contribution in [0.25, 0.3) is 0 Å². The van der Waals surface area contributed by atoms with Crippen LogP contribution in [0.4, 0.5) is 17.5 Å². The zero-order chi connectivity index (χ0) is 17.5. The molecule has 1 aliphatic rings. The van der Waals surface area contributed by atoms with Crippen LogP contribution in [-0.4, -0.2) is 43.3 Å². The van der Waals surface area contributed by atoms with Gasteiger partial charge in [0.15, 0.2) is 11.5 Å². The van der Waals surface area contributed by atoms with Crippen LogP contribution < -0.4 is 25.4 Å². The molecule has 134 valence electrons. The lowest BCUT2D eigenvalue weighted by Crippen LogP contribution is -2.23. The maximum absolute atomic E-state index is 5.96. The molecule has 0 amide bonds. The number of methoxy groups -OCH3 is 1. The molecule has 3 rings (SSSR count). The minimum atomic E-state index is 0.526. The molecule has 3 N–H and O–H groups in total. The second-order valence-corrected chi connectivity index (χ2v) is 5.94. The first-order valence-electron chi connectivity index (χ1n) is 8.60. The highest BCUT2D eigenvalue weighted by molar-refractivity contribution is 5.60. The van der Waals surface area contributed by atoms with E-state index < -0.39 is 0 Å². The molecule has 0 spiro atoms. The van der Waals surface area contributed by atoms with Gasteiger partial charge in [-0.05, 0) is 44.0 Å². The lowest BCUT2D eigenvalue weighted by molar-refractivity contribution is 0.275. The summed E-state index contributed by atoms with van der Waals surface area (Å²) in [5.74, 6) is 2.72. The SMILES string of the molecule is CNc1ccnc(Nc2ccc(OC)c(OCC[C@@H]3CCCN3)c2)n1. The van der Waals surface area contributed by atoms with Crippen LogP contribution in [-0.2, 0) is 0 Å². The van der Waals surface area contributed by atoms with Gasteiger partial charge < -0.3 is 25.4 Å². The molecule has 1 aromatic heterocycles. The molecule has 2 aromatic rings. The van der Waals surface area contributed by atoms with Crippen molar-refractivity contribution in [2.24, 2.45) is 0 Å². The lowest BCUT2D eigenvalue weighted by Gasteiger charge is -2.15. The Morgan fingerprint density at radius 2 is 2.20 bits per heavy atom. The van der Waals surface area contributed by atoms with E-state index >= 15 is 0 Å². The molecular weight excluding hydrogens is 318 g/mol. The number of aromatic nitrogens is 2. The van der Waals surface area contributed by atoms with Crippen molar-refractivity contribution in [1.29, 1.82) is 0 Å². The van der Waals surface area contributed by atoms with Crippen molar-refractivity contribution in [2.45, 2.75) is 25.3 Å². The van der Waals surface area contributed by atoms with Gasteiger partial charge in [0.1, 0.15) is 5.82 Å². The molecule has 0 saturated carbocycles. The summed E-state index contributed by atoms with van der Waals surface area (Å²) in [4.78, 5) is 8.59. The Balaban J connectivity index is 1.65. The predicted octanol–water partition coefficient (Wildman–Crippen LogP) is 2.79. The van der Waals surface area contributed by atoms with Gasteiger partial charge >= 0.3 is 0 Å². The van der Waals surface area contributed by atoms with E-state index in [0.29, 0.717) is 18.6 Å². The molecule has 25 heavy (non-hydrogen) atoms. The molecule has 7 nitrogen and oxygen atoms in total. The quantitative estimate of drug-likeness (QED) is 0.680. The van der Waals surface area contributed by atoms with Gasteiger partial charge in [-0.2, -0.15) is 4.98 Å². The minimum absolute atomic E-state index is 0.526.